The lowest BCUT2D eigenvalue weighted by molar-refractivity contribution is 0.208. The van der Waals surface area contributed by atoms with E-state index in [2.05, 4.69) is 10.2 Å². The first-order valence-corrected chi connectivity index (χ1v) is 5.33. The molecular weight excluding hydrogens is 204 g/mol. The van der Waals surface area contributed by atoms with Gasteiger partial charge in [-0.25, -0.2) is 9.89 Å². The lowest BCUT2D eigenvalue weighted by atomic mass is 10.4. The zero-order chi connectivity index (χ0) is 10.6. The Balaban J connectivity index is 2.62. The van der Waals surface area contributed by atoms with E-state index < -0.39 is 6.10 Å². The third-order valence-electron chi connectivity index (χ3n) is 1.72. The molecule has 0 aliphatic rings. The number of nitrogens with zero attached hydrogens (tertiary/aromatic N) is 2. The number of aliphatic hydroxyl groups is 1. The van der Waals surface area contributed by atoms with Crippen molar-refractivity contribution < 1.29 is 5.11 Å². The molecule has 1 unspecified atom stereocenters. The first-order chi connectivity index (χ1) is 6.69. The molecule has 0 aliphatic heterocycles. The van der Waals surface area contributed by atoms with Crippen LogP contribution in [0.1, 0.15) is 6.92 Å². The Morgan fingerprint density at radius 2 is 2.50 bits per heavy atom. The van der Waals surface area contributed by atoms with Gasteiger partial charge in [-0.05, 0) is 6.92 Å². The van der Waals surface area contributed by atoms with Crippen molar-refractivity contribution in [1.82, 2.24) is 14.8 Å². The van der Waals surface area contributed by atoms with Gasteiger partial charge in [-0.1, -0.05) is 11.8 Å². The highest BCUT2D eigenvalue weighted by molar-refractivity contribution is 7.99. The van der Waals surface area contributed by atoms with Crippen LogP contribution >= 0.6 is 11.8 Å². The molecule has 0 bridgehead atoms. The lowest BCUT2D eigenvalue weighted by Gasteiger charge is -2.06. The summed E-state index contributed by atoms with van der Waals surface area (Å²) in [7, 11) is 0. The Morgan fingerprint density at radius 1 is 1.79 bits per heavy atom. The minimum atomic E-state index is -0.558. The van der Waals surface area contributed by atoms with E-state index in [9.17, 15) is 9.90 Å². The van der Waals surface area contributed by atoms with Crippen LogP contribution in [0.25, 0.3) is 0 Å². The van der Waals surface area contributed by atoms with E-state index in [1.165, 1.54) is 16.3 Å². The number of H-pyrrole nitrogens is 1. The van der Waals surface area contributed by atoms with E-state index in [0.717, 1.165) is 0 Å². The summed E-state index contributed by atoms with van der Waals surface area (Å²) in [6, 6.07) is 0. The van der Waals surface area contributed by atoms with Crippen LogP contribution in [0.4, 0.5) is 0 Å². The number of hydrogen-bond donors (Lipinski definition) is 3. The Morgan fingerprint density at radius 3 is 3.07 bits per heavy atom. The molecule has 0 aromatic carbocycles. The number of nitrogens with two attached hydrogens (primary N) is 1. The first kappa shape index (κ1) is 11.3. The molecule has 4 N–H and O–H groups in total. The van der Waals surface area contributed by atoms with Gasteiger partial charge in [0.1, 0.15) is 0 Å². The van der Waals surface area contributed by atoms with Gasteiger partial charge < -0.3 is 10.8 Å². The van der Waals surface area contributed by atoms with E-state index in [1.807, 2.05) is 6.92 Å². The molecule has 6 nitrogen and oxygen atoms in total. The van der Waals surface area contributed by atoms with Crippen LogP contribution in [0.2, 0.25) is 0 Å². The molecule has 1 atom stereocenters. The second-order valence-electron chi connectivity index (χ2n) is 2.76. The summed E-state index contributed by atoms with van der Waals surface area (Å²) in [4.78, 5) is 11.1. The SMILES string of the molecule is CCn1c(SCC(O)CN)n[nH]c1=O. The highest BCUT2D eigenvalue weighted by Gasteiger charge is 2.09. The first-order valence-electron chi connectivity index (χ1n) is 4.35. The zero-order valence-corrected chi connectivity index (χ0v) is 8.75. The third kappa shape index (κ3) is 2.60. The molecule has 0 saturated heterocycles. The molecule has 80 valence electrons. The van der Waals surface area contributed by atoms with Crippen molar-refractivity contribution in [1.29, 1.82) is 0 Å². The molecule has 0 aliphatic carbocycles. The second-order valence-corrected chi connectivity index (χ2v) is 3.74. The van der Waals surface area contributed by atoms with Crippen molar-refractivity contribution in [3.8, 4) is 0 Å². The van der Waals surface area contributed by atoms with Crippen molar-refractivity contribution in [3.63, 3.8) is 0 Å². The van der Waals surface area contributed by atoms with Crippen LogP contribution in [0, 0.1) is 0 Å². The van der Waals surface area contributed by atoms with Gasteiger partial charge in [0.05, 0.1) is 6.10 Å². The molecule has 0 saturated carbocycles. The van der Waals surface area contributed by atoms with E-state index >= 15 is 0 Å². The van der Waals surface area contributed by atoms with Crippen molar-refractivity contribution in [3.05, 3.63) is 10.5 Å². The number of aliphatic hydroxyl groups excluding tert-OH is 1. The summed E-state index contributed by atoms with van der Waals surface area (Å²) >= 11 is 1.32. The number of hydrogen-bond acceptors (Lipinski definition) is 5. The number of thioether (sulfide) groups is 1. The molecule has 0 radical (unpaired) electrons. The fourth-order valence-corrected chi connectivity index (χ4v) is 1.89. The highest BCUT2D eigenvalue weighted by atomic mass is 32.2. The van der Waals surface area contributed by atoms with Gasteiger partial charge in [0.2, 0.25) is 0 Å². The monoisotopic (exact) mass is 218 g/mol. The fraction of sp³-hybridized carbons (Fsp3) is 0.714. The molecule has 0 spiro atoms. The fourth-order valence-electron chi connectivity index (χ4n) is 0.931. The number of aromatic nitrogens is 3. The van der Waals surface area contributed by atoms with Gasteiger partial charge in [0.25, 0.3) is 0 Å². The summed E-state index contributed by atoms with van der Waals surface area (Å²) in [5.74, 6) is 0.445. The average Bonchev–Trinajstić information content (AvgIpc) is 2.55. The van der Waals surface area contributed by atoms with Crippen LogP contribution < -0.4 is 11.4 Å². The minimum Gasteiger partial charge on any atom is -0.391 e. The maximum absolute atomic E-state index is 11.1. The van der Waals surface area contributed by atoms with Gasteiger partial charge in [-0.2, -0.15) is 0 Å². The minimum absolute atomic E-state index is 0.216. The molecule has 14 heavy (non-hydrogen) atoms. The third-order valence-corrected chi connectivity index (χ3v) is 2.84. The average molecular weight is 218 g/mol. The Labute approximate surface area is 85.5 Å². The molecule has 0 fully saturated rings. The summed E-state index contributed by atoms with van der Waals surface area (Å²) < 4.78 is 1.51. The highest BCUT2D eigenvalue weighted by Crippen LogP contribution is 2.13. The standard InChI is InChI=1S/C7H14N4O2S/c1-2-11-6(13)9-10-7(11)14-4-5(12)3-8/h5,12H,2-4,8H2,1H3,(H,9,13). The van der Waals surface area contributed by atoms with Gasteiger partial charge in [0.15, 0.2) is 5.16 Å². The maximum Gasteiger partial charge on any atom is 0.343 e. The summed E-state index contributed by atoms with van der Waals surface area (Å²) in [6.07, 6.45) is -0.558. The van der Waals surface area contributed by atoms with Crippen molar-refractivity contribution in [2.24, 2.45) is 5.73 Å². The predicted molar refractivity (Wildman–Crippen MR) is 54.3 cm³/mol. The van der Waals surface area contributed by atoms with Gasteiger partial charge in [-0.15, -0.1) is 5.10 Å². The van der Waals surface area contributed by atoms with Gasteiger partial charge in [0, 0.05) is 18.8 Å². The van der Waals surface area contributed by atoms with Crippen molar-refractivity contribution >= 4 is 11.8 Å². The van der Waals surface area contributed by atoms with E-state index in [1.54, 1.807) is 0 Å². The van der Waals surface area contributed by atoms with Gasteiger partial charge in [-0.3, -0.25) is 4.57 Å². The molecule has 1 aromatic heterocycles. The topological polar surface area (TPSA) is 96.9 Å². The Hall–Kier alpha value is -0.790. The molecule has 1 aromatic rings. The molecule has 1 heterocycles. The van der Waals surface area contributed by atoms with Crippen LogP contribution in [-0.4, -0.2) is 38.3 Å². The van der Waals surface area contributed by atoms with E-state index in [-0.39, 0.29) is 12.2 Å². The van der Waals surface area contributed by atoms with Crippen LogP contribution in [0.15, 0.2) is 9.95 Å². The Bertz CT molecular complexity index is 335. The van der Waals surface area contributed by atoms with Crippen LogP contribution in [-0.2, 0) is 6.54 Å². The predicted octanol–water partition coefficient (Wildman–Crippen LogP) is -0.997. The summed E-state index contributed by atoms with van der Waals surface area (Å²) in [6.45, 7) is 2.64. The van der Waals surface area contributed by atoms with Crippen LogP contribution in [0.5, 0.6) is 0 Å². The quantitative estimate of drug-likeness (QED) is 0.551. The summed E-state index contributed by atoms with van der Waals surface area (Å²) in [5.41, 5.74) is 5.03. The number of aromatic amines is 1. The van der Waals surface area contributed by atoms with Crippen molar-refractivity contribution in [2.45, 2.75) is 24.7 Å². The van der Waals surface area contributed by atoms with E-state index in [0.29, 0.717) is 17.5 Å². The summed E-state index contributed by atoms with van der Waals surface area (Å²) in [5, 5.41) is 16.0. The van der Waals surface area contributed by atoms with Crippen LogP contribution in [0.3, 0.4) is 0 Å². The number of rotatable bonds is 5. The Kier molecular flexibility index (Phi) is 4.18. The lowest BCUT2D eigenvalue weighted by Crippen LogP contribution is -2.22. The zero-order valence-electron chi connectivity index (χ0n) is 7.93. The molecule has 0 amide bonds. The molecular formula is C7H14N4O2S. The smallest absolute Gasteiger partial charge is 0.343 e. The normalized spacial score (nSPS) is 13.1. The van der Waals surface area contributed by atoms with Crippen molar-refractivity contribution in [2.75, 3.05) is 12.3 Å². The van der Waals surface area contributed by atoms with E-state index in [4.69, 9.17) is 5.73 Å². The second kappa shape index (κ2) is 5.18. The molecule has 1 rings (SSSR count). The van der Waals surface area contributed by atoms with Gasteiger partial charge >= 0.3 is 5.69 Å². The largest absolute Gasteiger partial charge is 0.391 e. The number of nitrogens with one attached hydrogen (secondary N) is 1. The maximum atomic E-state index is 11.1. The molecule has 7 heteroatoms.